The number of para-hydroxylation sites is 1. The summed E-state index contributed by atoms with van der Waals surface area (Å²) >= 11 is 1.36. The standard InChI is InChI=1S/C29H26N2O6S2/c1-37-28(32)25(30-39(35,36)27-20-12-11-19-26(27)31(33)34)21-38-29(22-13-5-2-6-14-22,23-15-7-3-8-16-23)24-17-9-4-10-18-24/h2-20,25,30H,21H2,1H3/t25-/m0/s1. The van der Waals surface area contributed by atoms with Crippen molar-refractivity contribution in [2.24, 2.45) is 0 Å². The van der Waals surface area contributed by atoms with Crippen molar-refractivity contribution in [2.75, 3.05) is 12.9 Å². The minimum absolute atomic E-state index is 0.0365. The van der Waals surface area contributed by atoms with Crippen LogP contribution in [0.5, 0.6) is 0 Å². The van der Waals surface area contributed by atoms with Gasteiger partial charge in [-0.1, -0.05) is 103 Å². The lowest BCUT2D eigenvalue weighted by Crippen LogP contribution is -2.44. The Labute approximate surface area is 231 Å². The number of hydrogen-bond donors (Lipinski definition) is 1. The number of carbonyl (C=O) groups is 1. The van der Waals surface area contributed by atoms with Gasteiger partial charge in [-0.3, -0.25) is 14.9 Å². The predicted octanol–water partition coefficient (Wildman–Crippen LogP) is 5.14. The highest BCUT2D eigenvalue weighted by molar-refractivity contribution is 8.00. The van der Waals surface area contributed by atoms with Crippen LogP contribution in [0.15, 0.2) is 120 Å². The van der Waals surface area contributed by atoms with E-state index in [0.717, 1.165) is 35.9 Å². The minimum atomic E-state index is -4.46. The number of methoxy groups -OCH3 is 1. The lowest BCUT2D eigenvalue weighted by Gasteiger charge is -2.36. The molecule has 0 aliphatic heterocycles. The fraction of sp³-hybridized carbons (Fsp3) is 0.138. The molecule has 4 rings (SSSR count). The predicted molar refractivity (Wildman–Crippen MR) is 151 cm³/mol. The van der Waals surface area contributed by atoms with Crippen LogP contribution in [-0.4, -0.2) is 38.2 Å². The van der Waals surface area contributed by atoms with Gasteiger partial charge in [-0.2, -0.15) is 4.72 Å². The molecule has 0 saturated heterocycles. The van der Waals surface area contributed by atoms with E-state index in [2.05, 4.69) is 4.72 Å². The number of thioether (sulfide) groups is 1. The van der Waals surface area contributed by atoms with Crippen LogP contribution in [0, 0.1) is 10.1 Å². The Balaban J connectivity index is 1.79. The first kappa shape index (κ1) is 28.0. The van der Waals surface area contributed by atoms with Gasteiger partial charge < -0.3 is 4.74 Å². The van der Waals surface area contributed by atoms with Crippen LogP contribution in [0.1, 0.15) is 16.7 Å². The lowest BCUT2D eigenvalue weighted by atomic mass is 9.84. The molecule has 0 aliphatic carbocycles. The van der Waals surface area contributed by atoms with Crippen LogP contribution < -0.4 is 4.72 Å². The minimum Gasteiger partial charge on any atom is -0.468 e. The Kier molecular flexibility index (Phi) is 8.80. The normalized spacial score (nSPS) is 12.4. The number of nitrogens with one attached hydrogen (secondary N) is 1. The van der Waals surface area contributed by atoms with Crippen molar-refractivity contribution < 1.29 is 22.9 Å². The zero-order valence-electron chi connectivity index (χ0n) is 21.0. The maximum absolute atomic E-state index is 13.3. The summed E-state index contributed by atoms with van der Waals surface area (Å²) in [5.74, 6) is -0.849. The van der Waals surface area contributed by atoms with Gasteiger partial charge in [0, 0.05) is 11.8 Å². The first-order chi connectivity index (χ1) is 18.8. The fourth-order valence-electron chi connectivity index (χ4n) is 4.36. The Bertz CT molecular complexity index is 1440. The molecule has 1 N–H and O–H groups in total. The van der Waals surface area contributed by atoms with Crippen LogP contribution in [0.3, 0.4) is 0 Å². The Morgan fingerprint density at radius 2 is 1.28 bits per heavy atom. The topological polar surface area (TPSA) is 116 Å². The summed E-state index contributed by atoms with van der Waals surface area (Å²) in [6.45, 7) is 0. The highest BCUT2D eigenvalue weighted by atomic mass is 32.2. The van der Waals surface area contributed by atoms with Gasteiger partial charge in [0.2, 0.25) is 10.0 Å². The van der Waals surface area contributed by atoms with Crippen LogP contribution in [-0.2, 0) is 24.3 Å². The third-order valence-electron chi connectivity index (χ3n) is 6.14. The third-order valence-corrected chi connectivity index (χ3v) is 9.30. The van der Waals surface area contributed by atoms with Gasteiger partial charge in [-0.15, -0.1) is 11.8 Å². The zero-order valence-corrected chi connectivity index (χ0v) is 22.6. The summed E-state index contributed by atoms with van der Waals surface area (Å²) in [5, 5.41) is 11.5. The summed E-state index contributed by atoms with van der Waals surface area (Å²) in [6, 6.07) is 32.8. The molecule has 0 aliphatic rings. The molecule has 0 saturated carbocycles. The Morgan fingerprint density at radius 3 is 1.72 bits per heavy atom. The molecule has 0 spiro atoms. The van der Waals surface area contributed by atoms with Crippen LogP contribution in [0.2, 0.25) is 0 Å². The van der Waals surface area contributed by atoms with Crippen molar-refractivity contribution in [1.82, 2.24) is 4.72 Å². The third kappa shape index (κ3) is 6.03. The molecule has 10 heteroatoms. The van der Waals surface area contributed by atoms with E-state index in [0.29, 0.717) is 0 Å². The van der Waals surface area contributed by atoms with Crippen molar-refractivity contribution in [1.29, 1.82) is 0 Å². The number of benzene rings is 4. The molecule has 0 radical (unpaired) electrons. The second-order valence-corrected chi connectivity index (χ2v) is 11.4. The molecule has 8 nitrogen and oxygen atoms in total. The number of hydrogen-bond acceptors (Lipinski definition) is 7. The fourth-order valence-corrected chi connectivity index (χ4v) is 7.36. The Hall–Kier alpha value is -3.99. The van der Waals surface area contributed by atoms with Gasteiger partial charge in [0.1, 0.15) is 6.04 Å². The molecule has 4 aromatic rings. The second-order valence-electron chi connectivity index (χ2n) is 8.51. The number of nitro groups is 1. The van der Waals surface area contributed by atoms with Crippen molar-refractivity contribution in [3.8, 4) is 0 Å². The molecule has 0 bridgehead atoms. The van der Waals surface area contributed by atoms with E-state index in [9.17, 15) is 23.3 Å². The smallest absolute Gasteiger partial charge is 0.324 e. The maximum Gasteiger partial charge on any atom is 0.324 e. The molecular formula is C29H26N2O6S2. The van der Waals surface area contributed by atoms with Gasteiger partial charge in [-0.05, 0) is 22.8 Å². The average Bonchev–Trinajstić information content (AvgIpc) is 2.98. The number of nitrogens with zero attached hydrogens (tertiary/aromatic N) is 1. The van der Waals surface area contributed by atoms with Crippen LogP contribution in [0.25, 0.3) is 0 Å². The largest absolute Gasteiger partial charge is 0.468 e. The van der Waals surface area contributed by atoms with Gasteiger partial charge in [0.15, 0.2) is 4.90 Å². The first-order valence-corrected chi connectivity index (χ1v) is 14.4. The van der Waals surface area contributed by atoms with Gasteiger partial charge >= 0.3 is 5.97 Å². The first-order valence-electron chi connectivity index (χ1n) is 11.9. The lowest BCUT2D eigenvalue weighted by molar-refractivity contribution is -0.387. The highest BCUT2D eigenvalue weighted by Gasteiger charge is 2.39. The molecule has 1 atom stereocenters. The van der Waals surface area contributed by atoms with Crippen LogP contribution >= 0.6 is 11.8 Å². The molecular weight excluding hydrogens is 536 g/mol. The molecule has 0 unspecified atom stereocenters. The molecule has 39 heavy (non-hydrogen) atoms. The summed E-state index contributed by atoms with van der Waals surface area (Å²) in [7, 11) is -3.29. The monoisotopic (exact) mass is 562 g/mol. The van der Waals surface area contributed by atoms with E-state index in [1.165, 1.54) is 23.9 Å². The number of esters is 1. The molecule has 0 fully saturated rings. The van der Waals surface area contributed by atoms with Gasteiger partial charge in [0.25, 0.3) is 5.69 Å². The van der Waals surface area contributed by atoms with Crippen molar-refractivity contribution in [3.05, 3.63) is 142 Å². The van der Waals surface area contributed by atoms with E-state index < -0.39 is 42.3 Å². The number of carbonyl (C=O) groups excluding carboxylic acids is 1. The van der Waals surface area contributed by atoms with E-state index in [-0.39, 0.29) is 5.75 Å². The molecule has 0 amide bonds. The Morgan fingerprint density at radius 1 is 0.846 bits per heavy atom. The quantitative estimate of drug-likeness (QED) is 0.116. The van der Waals surface area contributed by atoms with Crippen molar-refractivity contribution in [3.63, 3.8) is 0 Å². The SMILES string of the molecule is COC(=O)[C@H](CSC(c1ccccc1)(c1ccccc1)c1ccccc1)NS(=O)(=O)c1ccccc1[N+](=O)[O-]. The molecule has 200 valence electrons. The van der Waals surface area contributed by atoms with Gasteiger partial charge in [-0.25, -0.2) is 8.42 Å². The van der Waals surface area contributed by atoms with Crippen molar-refractivity contribution >= 4 is 33.4 Å². The summed E-state index contributed by atoms with van der Waals surface area (Å²) < 4.78 is 33.1. The second kappa shape index (κ2) is 12.2. The summed E-state index contributed by atoms with van der Waals surface area (Å²) in [5.41, 5.74) is 2.20. The van der Waals surface area contributed by atoms with Crippen molar-refractivity contribution in [2.45, 2.75) is 15.7 Å². The molecule has 4 aromatic carbocycles. The number of nitro benzene ring substituents is 1. The highest BCUT2D eigenvalue weighted by Crippen LogP contribution is 2.48. The average molecular weight is 563 g/mol. The molecule has 0 aromatic heterocycles. The number of ether oxygens (including phenoxy) is 1. The van der Waals surface area contributed by atoms with E-state index >= 15 is 0 Å². The van der Waals surface area contributed by atoms with E-state index in [4.69, 9.17) is 4.74 Å². The summed E-state index contributed by atoms with van der Waals surface area (Å²) in [6.07, 6.45) is 0. The number of rotatable bonds is 11. The van der Waals surface area contributed by atoms with E-state index in [1.807, 2.05) is 91.0 Å². The zero-order chi connectivity index (χ0) is 27.9. The summed E-state index contributed by atoms with van der Waals surface area (Å²) in [4.78, 5) is 23.1. The van der Waals surface area contributed by atoms with Gasteiger partial charge in [0.05, 0.1) is 16.8 Å². The van der Waals surface area contributed by atoms with Crippen LogP contribution in [0.4, 0.5) is 5.69 Å². The number of sulfonamides is 1. The molecule has 0 heterocycles. The maximum atomic E-state index is 13.3. The van der Waals surface area contributed by atoms with E-state index in [1.54, 1.807) is 0 Å².